The Hall–Kier alpha value is -4.13. The fraction of sp³-hybridized carbons (Fsp3) is 0.0938. The van der Waals surface area contributed by atoms with Crippen LogP contribution in [-0.4, -0.2) is 21.5 Å². The highest BCUT2D eigenvalue weighted by atomic mass is 35.5. The molecule has 0 bridgehead atoms. The van der Waals surface area contributed by atoms with Gasteiger partial charge in [-0.1, -0.05) is 53.7 Å². The van der Waals surface area contributed by atoms with Crippen LogP contribution in [0.1, 0.15) is 16.1 Å². The number of H-pyrrole nitrogens is 1. The average molecular weight is 593 g/mol. The second-order valence-electron chi connectivity index (χ2n) is 9.36. The van der Waals surface area contributed by atoms with Gasteiger partial charge in [0.15, 0.2) is 0 Å². The summed E-state index contributed by atoms with van der Waals surface area (Å²) in [5, 5.41) is 20.4. The van der Waals surface area contributed by atoms with Gasteiger partial charge in [-0.2, -0.15) is 5.26 Å². The van der Waals surface area contributed by atoms with Crippen LogP contribution in [0.25, 0.3) is 22.0 Å². The van der Waals surface area contributed by atoms with Gasteiger partial charge in [-0.3, -0.25) is 4.98 Å². The minimum absolute atomic E-state index is 0.475. The lowest BCUT2D eigenvalue weighted by atomic mass is 10.0. The van der Waals surface area contributed by atoms with E-state index in [2.05, 4.69) is 67.4 Å². The maximum absolute atomic E-state index is 9.83. The number of aromatic amines is 1. The predicted molar refractivity (Wildman–Crippen MR) is 169 cm³/mol. The number of imidazole rings is 1. The van der Waals surface area contributed by atoms with Crippen molar-refractivity contribution < 1.29 is 0 Å². The first-order valence-electron chi connectivity index (χ1n) is 13.0. The summed E-state index contributed by atoms with van der Waals surface area (Å²) >= 11 is 10.00. The molecule has 0 radical (unpaired) electrons. The van der Waals surface area contributed by atoms with Crippen LogP contribution in [0.15, 0.2) is 107 Å². The molecule has 9 heteroatoms. The highest BCUT2D eigenvalue weighted by Gasteiger charge is 2.13. The Morgan fingerprint density at radius 1 is 1.00 bits per heavy atom. The maximum atomic E-state index is 9.83. The number of fused-ring (bicyclic) bond motifs is 1. The lowest BCUT2D eigenvalue weighted by Gasteiger charge is -2.13. The molecule has 0 fully saturated rings. The zero-order valence-corrected chi connectivity index (χ0v) is 24.3. The zero-order chi connectivity index (χ0) is 28.0. The number of aromatic nitrogens is 3. The minimum Gasteiger partial charge on any atom is -0.354 e. The summed E-state index contributed by atoms with van der Waals surface area (Å²) in [6, 6.07) is 26.7. The van der Waals surface area contributed by atoms with Gasteiger partial charge >= 0.3 is 0 Å². The Morgan fingerprint density at radius 3 is 2.71 bits per heavy atom. The van der Waals surface area contributed by atoms with Crippen molar-refractivity contribution in [3.8, 4) is 17.2 Å². The van der Waals surface area contributed by atoms with Gasteiger partial charge in [0.1, 0.15) is 6.07 Å². The number of nitrogens with zero attached hydrogens (tertiary/aromatic N) is 3. The van der Waals surface area contributed by atoms with E-state index in [1.54, 1.807) is 35.6 Å². The SMILES string of the molecule is N#Cc1cnc2cc(-c3csc(CNCCc4c[nH]cn4)c3)ccc2c1Nc1ccc(Sc2ccccc2)c(Cl)c1. The molecule has 0 saturated carbocycles. The van der Waals surface area contributed by atoms with Crippen LogP contribution in [-0.2, 0) is 13.0 Å². The summed E-state index contributed by atoms with van der Waals surface area (Å²) in [6.45, 7) is 1.68. The highest BCUT2D eigenvalue weighted by Crippen LogP contribution is 2.37. The molecule has 6 aromatic rings. The average Bonchev–Trinajstić information content (AvgIpc) is 3.70. The van der Waals surface area contributed by atoms with Crippen LogP contribution in [0.4, 0.5) is 11.4 Å². The largest absolute Gasteiger partial charge is 0.354 e. The number of thiophene rings is 1. The molecular formula is C32H25ClN6S2. The van der Waals surface area contributed by atoms with E-state index in [9.17, 15) is 5.26 Å². The van der Waals surface area contributed by atoms with Crippen molar-refractivity contribution in [2.75, 3.05) is 11.9 Å². The summed E-state index contributed by atoms with van der Waals surface area (Å²) in [5.41, 5.74) is 6.12. The van der Waals surface area contributed by atoms with Crippen molar-refractivity contribution in [3.63, 3.8) is 0 Å². The fourth-order valence-corrected chi connectivity index (χ4v) is 6.49. The second-order valence-corrected chi connectivity index (χ2v) is 11.9. The third kappa shape index (κ3) is 6.45. The number of rotatable bonds is 10. The highest BCUT2D eigenvalue weighted by molar-refractivity contribution is 7.99. The first-order chi connectivity index (χ1) is 20.2. The number of anilines is 2. The molecule has 3 heterocycles. The van der Waals surface area contributed by atoms with Crippen LogP contribution >= 0.6 is 34.7 Å². The minimum atomic E-state index is 0.475. The number of hydrogen-bond donors (Lipinski definition) is 3. The number of benzene rings is 3. The van der Waals surface area contributed by atoms with Crippen molar-refractivity contribution in [2.45, 2.75) is 22.8 Å². The molecule has 0 amide bonds. The van der Waals surface area contributed by atoms with E-state index < -0.39 is 0 Å². The van der Waals surface area contributed by atoms with Gasteiger partial charge < -0.3 is 15.6 Å². The Bertz CT molecular complexity index is 1830. The van der Waals surface area contributed by atoms with E-state index in [0.717, 1.165) is 68.4 Å². The standard InChI is InChI=1S/C32H25ClN6S2/c33-29-14-24(7-9-31(29)41-26-4-2-1-3-5-26)39-32-23(15-34)16-37-30-13-21(6-8-28(30)32)22-12-27(40-19-22)18-35-11-10-25-17-36-20-38-25/h1-9,12-14,16-17,19-20,35H,10-11,18H2,(H,36,38)(H,37,39). The third-order valence-electron chi connectivity index (χ3n) is 6.56. The van der Waals surface area contributed by atoms with Gasteiger partial charge in [-0.25, -0.2) is 4.98 Å². The van der Waals surface area contributed by atoms with Crippen molar-refractivity contribution in [1.82, 2.24) is 20.3 Å². The molecule has 0 saturated heterocycles. The molecule has 3 aromatic carbocycles. The molecule has 3 N–H and O–H groups in total. The third-order valence-corrected chi connectivity index (χ3v) is 9.01. The molecule has 0 aliphatic rings. The van der Waals surface area contributed by atoms with Gasteiger partial charge in [0, 0.05) is 57.6 Å². The second kappa shape index (κ2) is 12.6. The molecule has 0 spiro atoms. The van der Waals surface area contributed by atoms with Gasteiger partial charge in [0.05, 0.1) is 33.8 Å². The van der Waals surface area contributed by atoms with E-state index in [1.165, 1.54) is 4.88 Å². The van der Waals surface area contributed by atoms with Crippen molar-refractivity contribution in [3.05, 3.63) is 118 Å². The summed E-state index contributed by atoms with van der Waals surface area (Å²) in [7, 11) is 0. The lowest BCUT2D eigenvalue weighted by Crippen LogP contribution is -2.16. The van der Waals surface area contributed by atoms with Gasteiger partial charge in [0.2, 0.25) is 0 Å². The quantitative estimate of drug-likeness (QED) is 0.138. The summed E-state index contributed by atoms with van der Waals surface area (Å²) in [4.78, 5) is 15.2. The van der Waals surface area contributed by atoms with E-state index in [1.807, 2.05) is 48.7 Å². The summed E-state index contributed by atoms with van der Waals surface area (Å²) in [5.74, 6) is 0. The van der Waals surface area contributed by atoms with Crippen LogP contribution < -0.4 is 10.6 Å². The Kier molecular flexibility index (Phi) is 8.31. The van der Waals surface area contributed by atoms with E-state index >= 15 is 0 Å². The normalized spacial score (nSPS) is 11.0. The predicted octanol–water partition coefficient (Wildman–Crippen LogP) is 8.44. The number of hydrogen-bond acceptors (Lipinski definition) is 7. The molecule has 6 rings (SSSR count). The van der Waals surface area contributed by atoms with Crippen LogP contribution in [0, 0.1) is 11.3 Å². The lowest BCUT2D eigenvalue weighted by molar-refractivity contribution is 0.688. The fourth-order valence-electron chi connectivity index (χ4n) is 4.49. The zero-order valence-electron chi connectivity index (χ0n) is 21.9. The molecule has 0 aliphatic carbocycles. The number of nitrogens with one attached hydrogen (secondary N) is 3. The molecule has 0 atom stereocenters. The molecule has 6 nitrogen and oxygen atoms in total. The first-order valence-corrected chi connectivity index (χ1v) is 15.1. The van der Waals surface area contributed by atoms with E-state index in [-0.39, 0.29) is 0 Å². The molecule has 202 valence electrons. The molecule has 0 unspecified atom stereocenters. The van der Waals surface area contributed by atoms with Crippen molar-refractivity contribution in [1.29, 1.82) is 5.26 Å². The van der Waals surface area contributed by atoms with Crippen molar-refractivity contribution in [2.24, 2.45) is 0 Å². The molecular weight excluding hydrogens is 568 g/mol. The summed E-state index contributed by atoms with van der Waals surface area (Å²) < 4.78 is 0. The molecule has 41 heavy (non-hydrogen) atoms. The Labute approximate surface area is 251 Å². The van der Waals surface area contributed by atoms with Gasteiger partial charge in [0.25, 0.3) is 0 Å². The maximum Gasteiger partial charge on any atom is 0.103 e. The topological polar surface area (TPSA) is 89.4 Å². The molecule has 0 aliphatic heterocycles. The Morgan fingerprint density at radius 2 is 1.90 bits per heavy atom. The summed E-state index contributed by atoms with van der Waals surface area (Å²) in [6.07, 6.45) is 6.15. The van der Waals surface area contributed by atoms with Gasteiger partial charge in [-0.15, -0.1) is 11.3 Å². The number of pyridine rings is 1. The van der Waals surface area contributed by atoms with Crippen LogP contribution in [0.5, 0.6) is 0 Å². The van der Waals surface area contributed by atoms with E-state index in [0.29, 0.717) is 10.6 Å². The molecule has 3 aromatic heterocycles. The first kappa shape index (κ1) is 27.1. The van der Waals surface area contributed by atoms with Crippen LogP contribution in [0.3, 0.4) is 0 Å². The Balaban J connectivity index is 1.19. The number of nitriles is 1. The number of halogens is 1. The smallest absolute Gasteiger partial charge is 0.103 e. The van der Waals surface area contributed by atoms with E-state index in [4.69, 9.17) is 11.6 Å². The monoisotopic (exact) mass is 592 g/mol. The van der Waals surface area contributed by atoms with Crippen LogP contribution in [0.2, 0.25) is 5.02 Å². The van der Waals surface area contributed by atoms with Gasteiger partial charge in [-0.05, 0) is 59.0 Å². The van der Waals surface area contributed by atoms with Crippen molar-refractivity contribution >= 4 is 57.0 Å².